The zero-order valence-corrected chi connectivity index (χ0v) is 15.4. The van der Waals surface area contributed by atoms with Gasteiger partial charge in [0.05, 0.1) is 0 Å². The second kappa shape index (κ2) is 8.65. The van der Waals surface area contributed by atoms with Crippen molar-refractivity contribution in [1.29, 1.82) is 0 Å². The van der Waals surface area contributed by atoms with Crippen molar-refractivity contribution in [2.45, 2.75) is 58.5 Å². The largest absolute Gasteiger partial charge is 0.444 e. The minimum Gasteiger partial charge on any atom is -0.444 e. The highest BCUT2D eigenvalue weighted by molar-refractivity contribution is 5.67. The molecule has 1 amide bonds. The van der Waals surface area contributed by atoms with E-state index in [2.05, 4.69) is 15.5 Å². The molecule has 1 heterocycles. The van der Waals surface area contributed by atoms with Crippen LogP contribution in [0.2, 0.25) is 0 Å². The Bertz CT molecular complexity index is 662. The molecule has 0 unspecified atom stereocenters. The van der Waals surface area contributed by atoms with Gasteiger partial charge < -0.3 is 14.6 Å². The molecule has 6 heteroatoms. The van der Waals surface area contributed by atoms with E-state index in [1.807, 2.05) is 58.0 Å². The van der Waals surface area contributed by atoms with Gasteiger partial charge in [-0.2, -0.15) is 4.98 Å². The Labute approximate surface area is 149 Å². The van der Waals surface area contributed by atoms with Gasteiger partial charge in [0.1, 0.15) is 5.60 Å². The number of carbonyl (C=O) groups excluding carboxylic acids is 1. The molecule has 1 aromatic carbocycles. The Hall–Kier alpha value is -2.37. The van der Waals surface area contributed by atoms with Crippen molar-refractivity contribution in [3.05, 3.63) is 47.6 Å². The summed E-state index contributed by atoms with van der Waals surface area (Å²) < 4.78 is 10.6. The van der Waals surface area contributed by atoms with E-state index in [4.69, 9.17) is 9.26 Å². The van der Waals surface area contributed by atoms with Crippen LogP contribution < -0.4 is 5.32 Å². The van der Waals surface area contributed by atoms with Crippen LogP contribution in [0.5, 0.6) is 0 Å². The first-order valence-corrected chi connectivity index (χ1v) is 8.67. The normalized spacial score (nSPS) is 12.6. The van der Waals surface area contributed by atoms with E-state index in [-0.39, 0.29) is 12.0 Å². The van der Waals surface area contributed by atoms with Gasteiger partial charge in [-0.25, -0.2) is 4.79 Å². The fourth-order valence-electron chi connectivity index (χ4n) is 2.35. The van der Waals surface area contributed by atoms with Gasteiger partial charge in [-0.3, -0.25) is 0 Å². The van der Waals surface area contributed by atoms with Gasteiger partial charge in [-0.05, 0) is 39.2 Å². The molecular weight excluding hydrogens is 318 g/mol. The van der Waals surface area contributed by atoms with E-state index in [9.17, 15) is 4.79 Å². The number of benzene rings is 1. The third kappa shape index (κ3) is 6.95. The fraction of sp³-hybridized carbons (Fsp3) is 0.526. The molecule has 0 radical (unpaired) electrons. The van der Waals surface area contributed by atoms with E-state index < -0.39 is 5.60 Å². The molecule has 0 aliphatic rings. The zero-order valence-electron chi connectivity index (χ0n) is 15.4. The molecular formula is C19H27N3O3. The van der Waals surface area contributed by atoms with Crippen molar-refractivity contribution in [3.8, 4) is 0 Å². The average molecular weight is 345 g/mol. The summed E-state index contributed by atoms with van der Waals surface area (Å²) in [6.07, 6.45) is 1.94. The van der Waals surface area contributed by atoms with Crippen molar-refractivity contribution < 1.29 is 14.1 Å². The number of amides is 1. The first-order chi connectivity index (χ1) is 11.8. The van der Waals surface area contributed by atoms with E-state index in [1.165, 1.54) is 0 Å². The Balaban J connectivity index is 1.72. The van der Waals surface area contributed by atoms with Crippen molar-refractivity contribution in [3.63, 3.8) is 0 Å². The maximum atomic E-state index is 11.6. The summed E-state index contributed by atoms with van der Waals surface area (Å²) in [5.41, 5.74) is 0.681. The molecule has 1 aromatic heterocycles. The number of hydrogen-bond donors (Lipinski definition) is 1. The number of ether oxygens (including phenoxy) is 1. The standard InChI is InChI=1S/C19H27N3O3/c1-14(9-8-12-20-18(23)24-19(2,3)4)17-21-16(22-25-17)13-15-10-6-5-7-11-15/h5-7,10-11,14H,8-9,12-13H2,1-4H3,(H,20,23)/t14-/m0/s1. The lowest BCUT2D eigenvalue weighted by atomic mass is 10.1. The summed E-state index contributed by atoms with van der Waals surface area (Å²) in [5.74, 6) is 1.49. The number of carbonyl (C=O) groups is 1. The molecule has 25 heavy (non-hydrogen) atoms. The monoisotopic (exact) mass is 345 g/mol. The van der Waals surface area contributed by atoms with Crippen LogP contribution in [0.3, 0.4) is 0 Å². The van der Waals surface area contributed by atoms with Crippen molar-refractivity contribution in [2.75, 3.05) is 6.54 Å². The molecule has 0 saturated carbocycles. The zero-order chi connectivity index (χ0) is 18.3. The Kier molecular flexibility index (Phi) is 6.56. The minimum atomic E-state index is -0.476. The maximum absolute atomic E-state index is 11.6. The van der Waals surface area contributed by atoms with Crippen LogP contribution in [-0.4, -0.2) is 28.4 Å². The highest BCUT2D eigenvalue weighted by atomic mass is 16.6. The molecule has 1 N–H and O–H groups in total. The smallest absolute Gasteiger partial charge is 0.407 e. The van der Waals surface area contributed by atoms with Crippen LogP contribution >= 0.6 is 0 Å². The van der Waals surface area contributed by atoms with Crippen molar-refractivity contribution >= 4 is 6.09 Å². The van der Waals surface area contributed by atoms with E-state index in [0.717, 1.165) is 18.4 Å². The number of alkyl carbamates (subject to hydrolysis) is 1. The summed E-state index contributed by atoms with van der Waals surface area (Å²) in [6, 6.07) is 10.1. The van der Waals surface area contributed by atoms with Crippen LogP contribution in [-0.2, 0) is 11.2 Å². The number of aromatic nitrogens is 2. The lowest BCUT2D eigenvalue weighted by Crippen LogP contribution is -2.33. The van der Waals surface area contributed by atoms with Crippen molar-refractivity contribution in [1.82, 2.24) is 15.5 Å². The summed E-state index contributed by atoms with van der Waals surface area (Å²) >= 11 is 0. The Morgan fingerprint density at radius 3 is 2.68 bits per heavy atom. The summed E-state index contributed by atoms with van der Waals surface area (Å²) in [5, 5.41) is 6.81. The molecule has 0 bridgehead atoms. The molecule has 6 nitrogen and oxygen atoms in total. The van der Waals surface area contributed by atoms with Crippen LogP contribution in [0.4, 0.5) is 4.79 Å². The summed E-state index contributed by atoms with van der Waals surface area (Å²) in [4.78, 5) is 16.1. The van der Waals surface area contributed by atoms with E-state index in [0.29, 0.717) is 24.7 Å². The molecule has 136 valence electrons. The number of nitrogens with one attached hydrogen (secondary N) is 1. The quantitative estimate of drug-likeness (QED) is 0.765. The topological polar surface area (TPSA) is 77.2 Å². The fourth-order valence-corrected chi connectivity index (χ4v) is 2.35. The molecule has 1 atom stereocenters. The lowest BCUT2D eigenvalue weighted by molar-refractivity contribution is 0.0526. The maximum Gasteiger partial charge on any atom is 0.407 e. The SMILES string of the molecule is C[C@@H](CCCNC(=O)OC(C)(C)C)c1nc(Cc2ccccc2)no1. The van der Waals surface area contributed by atoms with Crippen LogP contribution in [0.1, 0.15) is 63.7 Å². The van der Waals surface area contributed by atoms with Gasteiger partial charge in [0.25, 0.3) is 0 Å². The second-order valence-corrected chi connectivity index (χ2v) is 7.18. The van der Waals surface area contributed by atoms with Crippen LogP contribution in [0, 0.1) is 0 Å². The van der Waals surface area contributed by atoms with Gasteiger partial charge in [-0.15, -0.1) is 0 Å². The van der Waals surface area contributed by atoms with Gasteiger partial charge in [0, 0.05) is 18.9 Å². The third-order valence-corrected chi connectivity index (χ3v) is 3.59. The number of hydrogen-bond acceptors (Lipinski definition) is 5. The van der Waals surface area contributed by atoms with E-state index >= 15 is 0 Å². The van der Waals surface area contributed by atoms with Gasteiger partial charge >= 0.3 is 6.09 Å². The Morgan fingerprint density at radius 1 is 1.28 bits per heavy atom. The predicted octanol–water partition coefficient (Wildman–Crippen LogP) is 4.07. The molecule has 0 aliphatic carbocycles. The highest BCUT2D eigenvalue weighted by Crippen LogP contribution is 2.19. The summed E-state index contributed by atoms with van der Waals surface area (Å²) in [7, 11) is 0. The molecule has 0 fully saturated rings. The minimum absolute atomic E-state index is 0.150. The molecule has 0 saturated heterocycles. The Morgan fingerprint density at radius 2 is 2.00 bits per heavy atom. The van der Waals surface area contributed by atoms with Crippen LogP contribution in [0.25, 0.3) is 0 Å². The lowest BCUT2D eigenvalue weighted by Gasteiger charge is -2.19. The number of rotatable bonds is 7. The second-order valence-electron chi connectivity index (χ2n) is 7.18. The van der Waals surface area contributed by atoms with Crippen molar-refractivity contribution in [2.24, 2.45) is 0 Å². The van der Waals surface area contributed by atoms with E-state index in [1.54, 1.807) is 0 Å². The summed E-state index contributed by atoms with van der Waals surface area (Å²) in [6.45, 7) is 8.14. The first kappa shape index (κ1) is 19.0. The molecule has 2 rings (SSSR count). The van der Waals surface area contributed by atoms with Gasteiger partial charge in [0.15, 0.2) is 5.82 Å². The molecule has 0 spiro atoms. The molecule has 2 aromatic rings. The third-order valence-electron chi connectivity index (χ3n) is 3.59. The molecule has 0 aliphatic heterocycles. The highest BCUT2D eigenvalue weighted by Gasteiger charge is 2.17. The van der Waals surface area contributed by atoms with Gasteiger partial charge in [0.2, 0.25) is 5.89 Å². The predicted molar refractivity (Wildman–Crippen MR) is 95.4 cm³/mol. The van der Waals surface area contributed by atoms with Gasteiger partial charge in [-0.1, -0.05) is 42.4 Å². The number of nitrogens with zero attached hydrogens (tertiary/aromatic N) is 2. The first-order valence-electron chi connectivity index (χ1n) is 8.67. The van der Waals surface area contributed by atoms with Crippen LogP contribution in [0.15, 0.2) is 34.9 Å². The average Bonchev–Trinajstić information content (AvgIpc) is 2.99.